The van der Waals surface area contributed by atoms with Gasteiger partial charge < -0.3 is 4.74 Å². The third-order valence-corrected chi connectivity index (χ3v) is 4.08. The summed E-state index contributed by atoms with van der Waals surface area (Å²) in [6.07, 6.45) is 3.71. The molecule has 0 N–H and O–H groups in total. The van der Waals surface area contributed by atoms with Gasteiger partial charge in [0.2, 0.25) is 0 Å². The second kappa shape index (κ2) is 5.39. The van der Waals surface area contributed by atoms with Gasteiger partial charge in [-0.2, -0.15) is 0 Å². The lowest BCUT2D eigenvalue weighted by Gasteiger charge is -2.20. The average Bonchev–Trinajstić information content (AvgIpc) is 2.30. The zero-order valence-corrected chi connectivity index (χ0v) is 10.3. The van der Waals surface area contributed by atoms with Crippen molar-refractivity contribution < 1.29 is 9.53 Å². The van der Waals surface area contributed by atoms with Crippen LogP contribution in [0.3, 0.4) is 0 Å². The molecule has 0 aromatic heterocycles. The van der Waals surface area contributed by atoms with E-state index in [0.717, 1.165) is 31.4 Å². The first-order valence-corrected chi connectivity index (χ1v) is 6.48. The van der Waals surface area contributed by atoms with E-state index >= 15 is 0 Å². The standard InChI is InChI=1S/C13H16O2S/c1-15-11-5-7-12(8-6-11)16-13-4-2-3-10(14)9-13/h5-8,13H,2-4,9H2,1H3. The molecule has 1 aromatic rings. The first-order chi connectivity index (χ1) is 7.78. The third kappa shape index (κ3) is 3.01. The maximum absolute atomic E-state index is 11.3. The Hall–Kier alpha value is -0.960. The van der Waals surface area contributed by atoms with E-state index in [2.05, 4.69) is 12.1 Å². The van der Waals surface area contributed by atoms with Crippen LogP contribution in [-0.4, -0.2) is 18.1 Å². The smallest absolute Gasteiger partial charge is 0.134 e. The maximum atomic E-state index is 11.3. The Morgan fingerprint density at radius 3 is 2.69 bits per heavy atom. The van der Waals surface area contributed by atoms with Gasteiger partial charge in [0.15, 0.2) is 0 Å². The molecule has 1 aliphatic rings. The number of benzene rings is 1. The number of ketones is 1. The van der Waals surface area contributed by atoms with Crippen LogP contribution < -0.4 is 4.74 Å². The monoisotopic (exact) mass is 236 g/mol. The number of thioether (sulfide) groups is 1. The first kappa shape index (κ1) is 11.5. The quantitative estimate of drug-likeness (QED) is 0.805. The SMILES string of the molecule is COc1ccc(SC2CCCC(=O)C2)cc1. The minimum Gasteiger partial charge on any atom is -0.497 e. The number of Topliss-reactive ketones (excluding diaryl/α,β-unsaturated/α-hetero) is 1. The van der Waals surface area contributed by atoms with E-state index in [9.17, 15) is 4.79 Å². The number of hydrogen-bond acceptors (Lipinski definition) is 3. The van der Waals surface area contributed by atoms with Crippen molar-refractivity contribution in [1.29, 1.82) is 0 Å². The Kier molecular flexibility index (Phi) is 3.88. The zero-order chi connectivity index (χ0) is 11.4. The number of hydrogen-bond donors (Lipinski definition) is 0. The highest BCUT2D eigenvalue weighted by Crippen LogP contribution is 2.32. The van der Waals surface area contributed by atoms with Gasteiger partial charge >= 0.3 is 0 Å². The number of rotatable bonds is 3. The van der Waals surface area contributed by atoms with Crippen molar-refractivity contribution in [3.05, 3.63) is 24.3 Å². The van der Waals surface area contributed by atoms with Crippen LogP contribution in [-0.2, 0) is 4.79 Å². The van der Waals surface area contributed by atoms with Crippen molar-refractivity contribution in [2.75, 3.05) is 7.11 Å². The molecular formula is C13H16O2S. The number of carbonyl (C=O) groups excluding carboxylic acids is 1. The topological polar surface area (TPSA) is 26.3 Å². The van der Waals surface area contributed by atoms with Crippen molar-refractivity contribution in [3.8, 4) is 5.75 Å². The molecule has 0 amide bonds. The molecule has 1 saturated carbocycles. The zero-order valence-electron chi connectivity index (χ0n) is 9.44. The summed E-state index contributed by atoms with van der Waals surface area (Å²) in [5, 5.41) is 0.467. The summed E-state index contributed by atoms with van der Waals surface area (Å²) in [6.45, 7) is 0. The van der Waals surface area contributed by atoms with Gasteiger partial charge in [-0.25, -0.2) is 0 Å². The molecule has 2 nitrogen and oxygen atoms in total. The second-order valence-electron chi connectivity index (χ2n) is 4.05. The predicted octanol–water partition coefficient (Wildman–Crippen LogP) is 3.30. The molecule has 3 heteroatoms. The summed E-state index contributed by atoms with van der Waals surface area (Å²) < 4.78 is 5.11. The molecule has 0 bridgehead atoms. The van der Waals surface area contributed by atoms with Crippen LogP contribution in [0.2, 0.25) is 0 Å². The lowest BCUT2D eigenvalue weighted by Crippen LogP contribution is -2.16. The molecule has 2 rings (SSSR count). The molecule has 16 heavy (non-hydrogen) atoms. The minimum absolute atomic E-state index is 0.414. The summed E-state index contributed by atoms with van der Waals surface area (Å²) in [4.78, 5) is 12.6. The van der Waals surface area contributed by atoms with E-state index in [1.165, 1.54) is 4.90 Å². The summed E-state index contributed by atoms with van der Waals surface area (Å²) in [5.41, 5.74) is 0. The fourth-order valence-corrected chi connectivity index (χ4v) is 3.16. The van der Waals surface area contributed by atoms with Gasteiger partial charge in [-0.3, -0.25) is 4.79 Å². The van der Waals surface area contributed by atoms with Crippen molar-refractivity contribution in [1.82, 2.24) is 0 Å². The third-order valence-electron chi connectivity index (χ3n) is 2.80. The highest BCUT2D eigenvalue weighted by atomic mass is 32.2. The molecule has 0 radical (unpaired) electrons. The van der Waals surface area contributed by atoms with Gasteiger partial charge in [-0.15, -0.1) is 11.8 Å². The van der Waals surface area contributed by atoms with E-state index in [4.69, 9.17) is 4.74 Å². The van der Waals surface area contributed by atoms with Crippen LogP contribution in [0.1, 0.15) is 25.7 Å². The molecule has 1 unspecified atom stereocenters. The Bertz CT molecular complexity index is 359. The molecule has 1 atom stereocenters. The van der Waals surface area contributed by atoms with E-state index in [1.54, 1.807) is 7.11 Å². The van der Waals surface area contributed by atoms with Crippen LogP contribution in [0.5, 0.6) is 5.75 Å². The van der Waals surface area contributed by atoms with E-state index < -0.39 is 0 Å². The van der Waals surface area contributed by atoms with E-state index in [0.29, 0.717) is 11.0 Å². The molecule has 0 saturated heterocycles. The Labute approximate surface area is 100 Å². The number of carbonyl (C=O) groups is 1. The maximum Gasteiger partial charge on any atom is 0.134 e. The average molecular weight is 236 g/mol. The van der Waals surface area contributed by atoms with E-state index in [-0.39, 0.29) is 0 Å². The van der Waals surface area contributed by atoms with Crippen LogP contribution in [0.25, 0.3) is 0 Å². The highest BCUT2D eigenvalue weighted by molar-refractivity contribution is 8.00. The Morgan fingerprint density at radius 2 is 2.06 bits per heavy atom. The van der Waals surface area contributed by atoms with Gasteiger partial charge in [-0.1, -0.05) is 0 Å². The molecule has 1 aromatic carbocycles. The minimum atomic E-state index is 0.414. The van der Waals surface area contributed by atoms with Gasteiger partial charge in [-0.05, 0) is 37.1 Å². The van der Waals surface area contributed by atoms with Crippen LogP contribution >= 0.6 is 11.8 Å². The van der Waals surface area contributed by atoms with E-state index in [1.807, 2.05) is 23.9 Å². The second-order valence-corrected chi connectivity index (χ2v) is 5.42. The highest BCUT2D eigenvalue weighted by Gasteiger charge is 2.20. The lowest BCUT2D eigenvalue weighted by molar-refractivity contribution is -0.120. The Morgan fingerprint density at radius 1 is 1.31 bits per heavy atom. The van der Waals surface area contributed by atoms with Gasteiger partial charge in [0.1, 0.15) is 11.5 Å². The molecule has 0 spiro atoms. The van der Waals surface area contributed by atoms with Crippen LogP contribution in [0, 0.1) is 0 Å². The predicted molar refractivity (Wildman–Crippen MR) is 66.1 cm³/mol. The Balaban J connectivity index is 1.94. The molecular weight excluding hydrogens is 220 g/mol. The van der Waals surface area contributed by atoms with Crippen molar-refractivity contribution in [2.45, 2.75) is 35.8 Å². The fourth-order valence-electron chi connectivity index (χ4n) is 1.93. The lowest BCUT2D eigenvalue weighted by atomic mass is 9.99. The summed E-state index contributed by atoms with van der Waals surface area (Å²) in [5.74, 6) is 1.29. The van der Waals surface area contributed by atoms with Crippen LogP contribution in [0.4, 0.5) is 0 Å². The molecule has 86 valence electrons. The van der Waals surface area contributed by atoms with Crippen molar-refractivity contribution >= 4 is 17.5 Å². The largest absolute Gasteiger partial charge is 0.497 e. The summed E-state index contributed by atoms with van der Waals surface area (Å²) in [6, 6.07) is 8.05. The van der Waals surface area contributed by atoms with Gasteiger partial charge in [0.25, 0.3) is 0 Å². The normalized spacial score (nSPS) is 20.8. The number of methoxy groups -OCH3 is 1. The van der Waals surface area contributed by atoms with Crippen molar-refractivity contribution in [2.24, 2.45) is 0 Å². The molecule has 1 aliphatic carbocycles. The fraction of sp³-hybridized carbons (Fsp3) is 0.462. The van der Waals surface area contributed by atoms with Gasteiger partial charge in [0.05, 0.1) is 7.11 Å². The van der Waals surface area contributed by atoms with Crippen LogP contribution in [0.15, 0.2) is 29.2 Å². The molecule has 1 fully saturated rings. The molecule has 0 aliphatic heterocycles. The summed E-state index contributed by atoms with van der Waals surface area (Å²) >= 11 is 1.81. The first-order valence-electron chi connectivity index (χ1n) is 5.60. The number of ether oxygens (including phenoxy) is 1. The van der Waals surface area contributed by atoms with Gasteiger partial charge in [0, 0.05) is 23.0 Å². The molecule has 0 heterocycles. The summed E-state index contributed by atoms with van der Waals surface area (Å²) in [7, 11) is 1.67. The van der Waals surface area contributed by atoms with Crippen molar-refractivity contribution in [3.63, 3.8) is 0 Å².